The molecule has 8 nitrogen and oxygen atoms in total. The van der Waals surface area contributed by atoms with Gasteiger partial charge in [-0.1, -0.05) is 32.8 Å². The van der Waals surface area contributed by atoms with Crippen LogP contribution in [0.1, 0.15) is 62.3 Å². The molecule has 0 saturated carbocycles. The first-order valence-electron chi connectivity index (χ1n) is 13.7. The highest BCUT2D eigenvalue weighted by molar-refractivity contribution is 6.46. The van der Waals surface area contributed by atoms with Crippen molar-refractivity contribution in [2.24, 2.45) is 0 Å². The second-order valence-corrected chi connectivity index (χ2v) is 10.1. The Labute approximate surface area is 232 Å². The number of ketones is 1. The summed E-state index contributed by atoms with van der Waals surface area (Å²) >= 11 is 0. The van der Waals surface area contributed by atoms with Crippen LogP contribution < -0.4 is 14.2 Å². The lowest BCUT2D eigenvalue weighted by molar-refractivity contribution is -0.140. The SMILES string of the molecule is CCCCCOc1ccc(C2/C(=C(\O)c3ccc(OCCC)c(C)c3)C(=O)C(=O)N2CCN(C)C)cc1OC. The van der Waals surface area contributed by atoms with Crippen LogP contribution in [0.2, 0.25) is 0 Å². The summed E-state index contributed by atoms with van der Waals surface area (Å²) in [5.41, 5.74) is 2.00. The van der Waals surface area contributed by atoms with Crippen LogP contribution in [0.15, 0.2) is 42.0 Å². The van der Waals surface area contributed by atoms with Crippen molar-refractivity contribution in [1.29, 1.82) is 0 Å². The maximum absolute atomic E-state index is 13.4. The van der Waals surface area contributed by atoms with Crippen LogP contribution in [0, 0.1) is 6.92 Å². The molecule has 8 heteroatoms. The Morgan fingerprint density at radius 3 is 2.31 bits per heavy atom. The lowest BCUT2D eigenvalue weighted by atomic mass is 9.94. The Hall–Kier alpha value is -3.52. The third-order valence-electron chi connectivity index (χ3n) is 6.75. The predicted octanol–water partition coefficient (Wildman–Crippen LogP) is 5.34. The largest absolute Gasteiger partial charge is 0.507 e. The number of Topliss-reactive ketones (excluding diaryl/α,β-unsaturated/α-hetero) is 1. The Bertz CT molecular complexity index is 1190. The maximum Gasteiger partial charge on any atom is 0.295 e. The summed E-state index contributed by atoms with van der Waals surface area (Å²) < 4.78 is 17.3. The molecule has 1 N–H and O–H groups in total. The molecule has 1 saturated heterocycles. The lowest BCUT2D eigenvalue weighted by Gasteiger charge is -2.27. The molecular formula is C31H42N2O6. The van der Waals surface area contributed by atoms with Gasteiger partial charge in [-0.3, -0.25) is 9.59 Å². The fraction of sp³-hybridized carbons (Fsp3) is 0.484. The molecule has 212 valence electrons. The number of ether oxygens (including phenoxy) is 3. The van der Waals surface area contributed by atoms with E-state index in [9.17, 15) is 14.7 Å². The van der Waals surface area contributed by atoms with Crippen LogP contribution in [0.5, 0.6) is 17.2 Å². The average Bonchev–Trinajstić information content (AvgIpc) is 3.18. The average molecular weight is 539 g/mol. The molecule has 1 unspecified atom stereocenters. The number of carbonyl (C=O) groups excluding carboxylic acids is 2. The lowest BCUT2D eigenvalue weighted by Crippen LogP contribution is -2.35. The van der Waals surface area contributed by atoms with E-state index in [4.69, 9.17) is 14.2 Å². The fourth-order valence-corrected chi connectivity index (χ4v) is 4.60. The Morgan fingerprint density at radius 1 is 0.949 bits per heavy atom. The van der Waals surface area contributed by atoms with E-state index in [1.807, 2.05) is 38.9 Å². The molecule has 1 atom stereocenters. The number of aliphatic hydroxyl groups is 1. The standard InChI is InChI=1S/C31H42N2O6/c1-7-9-10-18-39-25-14-11-22(20-26(25)37-6)28-27(30(35)31(36)33(28)16-15-32(4)5)29(34)23-12-13-24(21(3)19-23)38-17-8-2/h11-14,19-20,28,34H,7-10,15-18H2,1-6H3/b29-27+. The van der Waals surface area contributed by atoms with Crippen LogP contribution in [-0.4, -0.2) is 74.1 Å². The quantitative estimate of drug-likeness (QED) is 0.150. The van der Waals surface area contributed by atoms with Gasteiger partial charge in [-0.25, -0.2) is 0 Å². The van der Waals surface area contributed by atoms with Crippen LogP contribution in [0.25, 0.3) is 5.76 Å². The fourth-order valence-electron chi connectivity index (χ4n) is 4.60. The number of hydrogen-bond donors (Lipinski definition) is 1. The number of aliphatic hydroxyl groups excluding tert-OH is 1. The van der Waals surface area contributed by atoms with E-state index >= 15 is 0 Å². The molecule has 0 aromatic heterocycles. The van der Waals surface area contributed by atoms with Crippen molar-refractivity contribution in [2.45, 2.75) is 52.5 Å². The first-order valence-corrected chi connectivity index (χ1v) is 13.7. The maximum atomic E-state index is 13.4. The highest BCUT2D eigenvalue weighted by Crippen LogP contribution is 2.42. The number of hydrogen-bond acceptors (Lipinski definition) is 7. The third kappa shape index (κ3) is 7.12. The summed E-state index contributed by atoms with van der Waals surface area (Å²) in [6.07, 6.45) is 3.99. The van der Waals surface area contributed by atoms with Gasteiger partial charge >= 0.3 is 0 Å². The first kappa shape index (κ1) is 30.0. The van der Waals surface area contributed by atoms with Crippen LogP contribution >= 0.6 is 0 Å². The van der Waals surface area contributed by atoms with Gasteiger partial charge in [0.1, 0.15) is 11.5 Å². The van der Waals surface area contributed by atoms with Gasteiger partial charge in [-0.15, -0.1) is 0 Å². The minimum absolute atomic E-state index is 0.0547. The summed E-state index contributed by atoms with van der Waals surface area (Å²) in [6, 6.07) is 9.92. The summed E-state index contributed by atoms with van der Waals surface area (Å²) in [4.78, 5) is 30.1. The zero-order chi connectivity index (χ0) is 28.5. The summed E-state index contributed by atoms with van der Waals surface area (Å²) in [5.74, 6) is 0.266. The molecule has 1 heterocycles. The number of methoxy groups -OCH3 is 1. The minimum atomic E-state index is -0.774. The van der Waals surface area contributed by atoms with Crippen LogP contribution in [0.3, 0.4) is 0 Å². The van der Waals surface area contributed by atoms with Gasteiger partial charge in [0.2, 0.25) is 0 Å². The Kier molecular flexibility index (Phi) is 10.8. The molecule has 0 radical (unpaired) electrons. The van der Waals surface area contributed by atoms with Crippen molar-refractivity contribution in [1.82, 2.24) is 9.80 Å². The van der Waals surface area contributed by atoms with Gasteiger partial charge in [0.25, 0.3) is 11.7 Å². The highest BCUT2D eigenvalue weighted by atomic mass is 16.5. The van der Waals surface area contributed by atoms with Gasteiger partial charge in [-0.05, 0) is 75.3 Å². The van der Waals surface area contributed by atoms with Crippen LogP contribution in [0.4, 0.5) is 0 Å². The van der Waals surface area contributed by atoms with E-state index in [2.05, 4.69) is 6.92 Å². The normalized spacial score (nSPS) is 16.7. The number of nitrogens with zero attached hydrogens (tertiary/aromatic N) is 2. The van der Waals surface area contributed by atoms with Gasteiger partial charge < -0.3 is 29.1 Å². The van der Waals surface area contributed by atoms with Gasteiger partial charge in [0, 0.05) is 18.7 Å². The highest BCUT2D eigenvalue weighted by Gasteiger charge is 2.46. The molecule has 0 aliphatic carbocycles. The molecule has 0 bridgehead atoms. The molecule has 1 fully saturated rings. The van der Waals surface area contributed by atoms with Gasteiger partial charge in [-0.2, -0.15) is 0 Å². The number of rotatable bonds is 14. The summed E-state index contributed by atoms with van der Waals surface area (Å²) in [7, 11) is 5.38. The van der Waals surface area contributed by atoms with Crippen LogP contribution in [-0.2, 0) is 9.59 Å². The van der Waals surface area contributed by atoms with Crippen molar-refractivity contribution in [3.05, 3.63) is 58.7 Å². The molecule has 39 heavy (non-hydrogen) atoms. The predicted molar refractivity (Wildman–Crippen MR) is 153 cm³/mol. The number of likely N-dealkylation sites (N-methyl/N-ethyl adjacent to an activating group) is 1. The van der Waals surface area contributed by atoms with Crippen molar-refractivity contribution >= 4 is 17.4 Å². The zero-order valence-corrected chi connectivity index (χ0v) is 24.1. The van der Waals surface area contributed by atoms with E-state index in [1.165, 1.54) is 4.90 Å². The smallest absolute Gasteiger partial charge is 0.295 e. The van der Waals surface area contributed by atoms with E-state index in [0.29, 0.717) is 48.9 Å². The monoisotopic (exact) mass is 538 g/mol. The van der Waals surface area contributed by atoms with E-state index in [1.54, 1.807) is 37.4 Å². The Balaban J connectivity index is 2.07. The molecule has 1 aliphatic rings. The third-order valence-corrected chi connectivity index (χ3v) is 6.75. The number of likely N-dealkylation sites (tertiary alicyclic amines) is 1. The Morgan fingerprint density at radius 2 is 1.67 bits per heavy atom. The molecule has 0 spiro atoms. The van der Waals surface area contributed by atoms with Crippen molar-refractivity contribution in [3.8, 4) is 17.2 Å². The second kappa shape index (κ2) is 14.0. The van der Waals surface area contributed by atoms with Gasteiger partial charge in [0.05, 0.1) is 31.9 Å². The second-order valence-electron chi connectivity index (χ2n) is 10.1. The summed E-state index contributed by atoms with van der Waals surface area (Å²) in [6.45, 7) is 8.09. The number of benzene rings is 2. The summed E-state index contributed by atoms with van der Waals surface area (Å²) in [5, 5.41) is 11.4. The topological polar surface area (TPSA) is 88.5 Å². The van der Waals surface area contributed by atoms with E-state index in [0.717, 1.165) is 37.0 Å². The number of aryl methyl sites for hydroxylation is 1. The number of amides is 1. The molecule has 1 aliphatic heterocycles. The molecular weight excluding hydrogens is 496 g/mol. The zero-order valence-electron chi connectivity index (χ0n) is 24.1. The molecule has 3 rings (SSSR count). The van der Waals surface area contributed by atoms with Crippen molar-refractivity contribution < 1.29 is 28.9 Å². The minimum Gasteiger partial charge on any atom is -0.507 e. The van der Waals surface area contributed by atoms with E-state index in [-0.39, 0.29) is 11.3 Å². The molecule has 2 aromatic rings. The number of carbonyl (C=O) groups is 2. The van der Waals surface area contributed by atoms with Crippen molar-refractivity contribution in [2.75, 3.05) is 47.5 Å². The van der Waals surface area contributed by atoms with Gasteiger partial charge in [0.15, 0.2) is 11.5 Å². The number of unbranched alkanes of at least 4 members (excludes halogenated alkanes) is 2. The van der Waals surface area contributed by atoms with E-state index < -0.39 is 17.7 Å². The first-order chi connectivity index (χ1) is 18.7. The molecule has 2 aromatic carbocycles. The molecule has 1 amide bonds. The van der Waals surface area contributed by atoms with Crippen molar-refractivity contribution in [3.63, 3.8) is 0 Å².